The van der Waals surface area contributed by atoms with Crippen LogP contribution in [-0.2, 0) is 4.79 Å². The van der Waals surface area contributed by atoms with Crippen molar-refractivity contribution in [2.24, 2.45) is 0 Å². The standard InChI is InChI=1S/C16H16FNO2/c1-11-3-7-14(8-4-11)20-10-16(19)18-15-9-13(17)6-5-12(15)2/h3-9H,10H2,1-2H3,(H,18,19). The highest BCUT2D eigenvalue weighted by molar-refractivity contribution is 5.92. The van der Waals surface area contributed by atoms with Crippen LogP contribution in [0.4, 0.5) is 10.1 Å². The Morgan fingerprint density at radius 2 is 1.85 bits per heavy atom. The molecular formula is C16H16FNO2. The summed E-state index contributed by atoms with van der Waals surface area (Å²) in [6.07, 6.45) is 0. The van der Waals surface area contributed by atoms with Gasteiger partial charge in [0, 0.05) is 5.69 Å². The van der Waals surface area contributed by atoms with E-state index in [0.717, 1.165) is 11.1 Å². The lowest BCUT2D eigenvalue weighted by molar-refractivity contribution is -0.118. The first-order valence-electron chi connectivity index (χ1n) is 6.30. The summed E-state index contributed by atoms with van der Waals surface area (Å²) in [4.78, 5) is 11.8. The SMILES string of the molecule is Cc1ccc(OCC(=O)Nc2cc(F)ccc2C)cc1. The molecule has 0 spiro atoms. The van der Waals surface area contributed by atoms with Gasteiger partial charge >= 0.3 is 0 Å². The fraction of sp³-hybridized carbons (Fsp3) is 0.188. The number of aryl methyl sites for hydroxylation is 2. The summed E-state index contributed by atoms with van der Waals surface area (Å²) in [5, 5.41) is 2.63. The van der Waals surface area contributed by atoms with E-state index >= 15 is 0 Å². The van der Waals surface area contributed by atoms with E-state index in [2.05, 4.69) is 5.32 Å². The molecule has 0 aliphatic rings. The maximum absolute atomic E-state index is 13.1. The minimum absolute atomic E-state index is 0.112. The fourth-order valence-corrected chi connectivity index (χ4v) is 1.70. The molecule has 0 aliphatic carbocycles. The topological polar surface area (TPSA) is 38.3 Å². The number of carbonyl (C=O) groups excluding carboxylic acids is 1. The van der Waals surface area contributed by atoms with Crippen LogP contribution in [0.25, 0.3) is 0 Å². The number of halogens is 1. The summed E-state index contributed by atoms with van der Waals surface area (Å²) < 4.78 is 18.5. The Hall–Kier alpha value is -2.36. The van der Waals surface area contributed by atoms with E-state index in [-0.39, 0.29) is 18.3 Å². The quantitative estimate of drug-likeness (QED) is 0.926. The van der Waals surface area contributed by atoms with Crippen molar-refractivity contribution in [3.8, 4) is 5.75 Å². The second kappa shape index (κ2) is 6.19. The molecule has 104 valence electrons. The Morgan fingerprint density at radius 1 is 1.15 bits per heavy atom. The van der Waals surface area contributed by atoms with Gasteiger partial charge in [-0.05, 0) is 43.7 Å². The van der Waals surface area contributed by atoms with Crippen LogP contribution in [0.5, 0.6) is 5.75 Å². The molecule has 0 saturated heterocycles. The molecule has 0 unspecified atom stereocenters. The van der Waals surface area contributed by atoms with Gasteiger partial charge in [-0.1, -0.05) is 23.8 Å². The van der Waals surface area contributed by atoms with Crippen molar-refractivity contribution < 1.29 is 13.9 Å². The molecule has 3 nitrogen and oxygen atoms in total. The summed E-state index contributed by atoms with van der Waals surface area (Å²) in [6.45, 7) is 3.66. The first kappa shape index (κ1) is 14.1. The predicted molar refractivity (Wildman–Crippen MR) is 76.4 cm³/mol. The normalized spacial score (nSPS) is 10.2. The van der Waals surface area contributed by atoms with E-state index in [0.29, 0.717) is 11.4 Å². The third kappa shape index (κ3) is 3.82. The lowest BCUT2D eigenvalue weighted by Gasteiger charge is -2.09. The van der Waals surface area contributed by atoms with Gasteiger partial charge in [-0.15, -0.1) is 0 Å². The van der Waals surface area contributed by atoms with Gasteiger partial charge in [0.25, 0.3) is 5.91 Å². The Morgan fingerprint density at radius 3 is 2.55 bits per heavy atom. The van der Waals surface area contributed by atoms with Crippen LogP contribution in [0.1, 0.15) is 11.1 Å². The van der Waals surface area contributed by atoms with Crippen LogP contribution >= 0.6 is 0 Å². The summed E-state index contributed by atoms with van der Waals surface area (Å²) in [5.74, 6) is -0.0775. The van der Waals surface area contributed by atoms with Crippen LogP contribution in [0, 0.1) is 19.7 Å². The molecule has 0 saturated carbocycles. The number of nitrogens with one attached hydrogen (secondary N) is 1. The number of hydrogen-bond donors (Lipinski definition) is 1. The Bertz CT molecular complexity index is 608. The summed E-state index contributed by atoms with van der Waals surface area (Å²) >= 11 is 0. The summed E-state index contributed by atoms with van der Waals surface area (Å²) in [5.41, 5.74) is 2.38. The fourth-order valence-electron chi connectivity index (χ4n) is 1.70. The van der Waals surface area contributed by atoms with Crippen molar-refractivity contribution in [1.29, 1.82) is 0 Å². The van der Waals surface area contributed by atoms with Crippen molar-refractivity contribution in [1.82, 2.24) is 0 Å². The van der Waals surface area contributed by atoms with Crippen LogP contribution in [0.2, 0.25) is 0 Å². The number of carbonyl (C=O) groups is 1. The van der Waals surface area contributed by atoms with Gasteiger partial charge in [0.2, 0.25) is 0 Å². The minimum atomic E-state index is -0.384. The van der Waals surface area contributed by atoms with Crippen molar-refractivity contribution in [3.05, 3.63) is 59.4 Å². The zero-order valence-corrected chi connectivity index (χ0v) is 11.4. The first-order chi connectivity index (χ1) is 9.54. The van der Waals surface area contributed by atoms with E-state index in [4.69, 9.17) is 4.74 Å². The van der Waals surface area contributed by atoms with Crippen molar-refractivity contribution >= 4 is 11.6 Å². The van der Waals surface area contributed by atoms with Gasteiger partial charge in [-0.3, -0.25) is 4.79 Å². The van der Waals surface area contributed by atoms with Crippen molar-refractivity contribution in [2.75, 3.05) is 11.9 Å². The largest absolute Gasteiger partial charge is 0.484 e. The number of ether oxygens (including phenoxy) is 1. The number of anilines is 1. The number of rotatable bonds is 4. The third-order valence-electron chi connectivity index (χ3n) is 2.86. The highest BCUT2D eigenvalue weighted by Crippen LogP contribution is 2.16. The molecule has 1 amide bonds. The Balaban J connectivity index is 1.92. The van der Waals surface area contributed by atoms with Crippen LogP contribution in [0.15, 0.2) is 42.5 Å². The van der Waals surface area contributed by atoms with Gasteiger partial charge in [-0.2, -0.15) is 0 Å². The minimum Gasteiger partial charge on any atom is -0.484 e. The molecule has 0 aromatic heterocycles. The zero-order valence-electron chi connectivity index (χ0n) is 11.4. The highest BCUT2D eigenvalue weighted by Gasteiger charge is 2.06. The number of amides is 1. The second-order valence-electron chi connectivity index (χ2n) is 4.61. The molecule has 0 heterocycles. The van der Waals surface area contributed by atoms with E-state index < -0.39 is 0 Å². The Labute approximate surface area is 117 Å². The zero-order chi connectivity index (χ0) is 14.5. The van der Waals surface area contributed by atoms with Gasteiger partial charge in [-0.25, -0.2) is 4.39 Å². The molecule has 0 radical (unpaired) electrons. The monoisotopic (exact) mass is 273 g/mol. The Kier molecular flexibility index (Phi) is 4.35. The van der Waals surface area contributed by atoms with E-state index in [1.54, 1.807) is 25.1 Å². The van der Waals surface area contributed by atoms with Crippen molar-refractivity contribution in [3.63, 3.8) is 0 Å². The van der Waals surface area contributed by atoms with Crippen LogP contribution in [0.3, 0.4) is 0 Å². The average Bonchev–Trinajstić information content (AvgIpc) is 2.42. The maximum atomic E-state index is 13.1. The van der Waals surface area contributed by atoms with E-state index in [9.17, 15) is 9.18 Å². The van der Waals surface area contributed by atoms with Gasteiger partial charge < -0.3 is 10.1 Å². The van der Waals surface area contributed by atoms with E-state index in [1.807, 2.05) is 19.1 Å². The van der Waals surface area contributed by atoms with Gasteiger partial charge in [0.05, 0.1) is 0 Å². The third-order valence-corrected chi connectivity index (χ3v) is 2.86. The van der Waals surface area contributed by atoms with Crippen LogP contribution < -0.4 is 10.1 Å². The second-order valence-corrected chi connectivity index (χ2v) is 4.61. The molecule has 2 rings (SSSR count). The molecule has 2 aromatic rings. The number of benzene rings is 2. The molecule has 0 bridgehead atoms. The number of hydrogen-bond acceptors (Lipinski definition) is 2. The summed E-state index contributed by atoms with van der Waals surface area (Å²) in [6, 6.07) is 11.7. The molecule has 20 heavy (non-hydrogen) atoms. The van der Waals surface area contributed by atoms with Gasteiger partial charge in [0.15, 0.2) is 6.61 Å². The molecule has 2 aromatic carbocycles. The molecule has 1 N–H and O–H groups in total. The van der Waals surface area contributed by atoms with E-state index in [1.165, 1.54) is 12.1 Å². The first-order valence-corrected chi connectivity index (χ1v) is 6.30. The lowest BCUT2D eigenvalue weighted by Crippen LogP contribution is -2.20. The summed E-state index contributed by atoms with van der Waals surface area (Å²) in [7, 11) is 0. The van der Waals surface area contributed by atoms with Crippen LogP contribution in [-0.4, -0.2) is 12.5 Å². The maximum Gasteiger partial charge on any atom is 0.262 e. The molecule has 0 fully saturated rings. The lowest BCUT2D eigenvalue weighted by atomic mass is 10.2. The average molecular weight is 273 g/mol. The predicted octanol–water partition coefficient (Wildman–Crippen LogP) is 3.46. The molecular weight excluding hydrogens is 257 g/mol. The smallest absolute Gasteiger partial charge is 0.262 e. The van der Waals surface area contributed by atoms with Crippen molar-refractivity contribution in [2.45, 2.75) is 13.8 Å². The highest BCUT2D eigenvalue weighted by atomic mass is 19.1. The molecule has 0 aliphatic heterocycles. The molecule has 4 heteroatoms. The molecule has 0 atom stereocenters. The van der Waals surface area contributed by atoms with Gasteiger partial charge in [0.1, 0.15) is 11.6 Å².